The van der Waals surface area contributed by atoms with Crippen molar-refractivity contribution in [3.63, 3.8) is 0 Å². The van der Waals surface area contributed by atoms with Crippen LogP contribution in [0, 0.1) is 6.92 Å². The van der Waals surface area contributed by atoms with Crippen molar-refractivity contribution in [2.75, 3.05) is 6.61 Å². The number of hydrogen-bond acceptors (Lipinski definition) is 4. The first kappa shape index (κ1) is 20.3. The van der Waals surface area contributed by atoms with Crippen molar-refractivity contribution in [2.45, 2.75) is 6.92 Å². The normalized spacial score (nSPS) is 11.5. The molecule has 2 N–H and O–H groups in total. The standard InChI is InChI=1S/C17H16Cl2N2O4S/c1-12-10-15(19)6-7-16(12)25-11-17(22)20-21-26(23,24)9-8-13-2-4-14(18)5-3-13/h2-10,21H,11H2,1H3,(H,20,22)/b9-8+. The summed E-state index contributed by atoms with van der Waals surface area (Å²) < 4.78 is 29.0. The lowest BCUT2D eigenvalue weighted by Gasteiger charge is -2.10. The van der Waals surface area contributed by atoms with Crippen molar-refractivity contribution < 1.29 is 17.9 Å². The van der Waals surface area contributed by atoms with Gasteiger partial charge in [-0.05, 0) is 54.5 Å². The van der Waals surface area contributed by atoms with Crippen molar-refractivity contribution in [1.82, 2.24) is 10.3 Å². The number of amides is 1. The average molecular weight is 415 g/mol. The molecule has 0 spiro atoms. The zero-order chi connectivity index (χ0) is 19.2. The topological polar surface area (TPSA) is 84.5 Å². The smallest absolute Gasteiger partial charge is 0.272 e. The van der Waals surface area contributed by atoms with Crippen LogP contribution >= 0.6 is 23.2 Å². The van der Waals surface area contributed by atoms with E-state index in [2.05, 4.69) is 5.43 Å². The molecule has 0 unspecified atom stereocenters. The third-order valence-corrected chi connectivity index (χ3v) is 4.51. The predicted octanol–water partition coefficient (Wildman–Crippen LogP) is 3.30. The largest absolute Gasteiger partial charge is 0.483 e. The zero-order valence-electron chi connectivity index (χ0n) is 13.7. The van der Waals surface area contributed by atoms with E-state index in [0.29, 0.717) is 21.4 Å². The molecular formula is C17H16Cl2N2O4S. The summed E-state index contributed by atoms with van der Waals surface area (Å²) in [6.07, 6.45) is 1.37. The first-order chi connectivity index (χ1) is 12.2. The summed E-state index contributed by atoms with van der Waals surface area (Å²) in [5.41, 5.74) is 3.48. The lowest BCUT2D eigenvalue weighted by molar-refractivity contribution is -0.123. The van der Waals surface area contributed by atoms with E-state index in [4.69, 9.17) is 27.9 Å². The summed E-state index contributed by atoms with van der Waals surface area (Å²) in [4.78, 5) is 13.7. The van der Waals surface area contributed by atoms with Crippen LogP contribution < -0.4 is 15.0 Å². The quantitative estimate of drug-likeness (QED) is 0.680. The summed E-state index contributed by atoms with van der Waals surface area (Å²) in [5, 5.41) is 2.03. The van der Waals surface area contributed by atoms with Crippen LogP contribution in [0.25, 0.3) is 6.08 Å². The Bertz CT molecular complexity index is 913. The van der Waals surface area contributed by atoms with Gasteiger partial charge in [0.25, 0.3) is 15.9 Å². The van der Waals surface area contributed by atoms with Crippen LogP contribution in [0.4, 0.5) is 0 Å². The molecule has 1 amide bonds. The third kappa shape index (κ3) is 6.68. The van der Waals surface area contributed by atoms with Gasteiger partial charge in [-0.2, -0.15) is 0 Å². The molecule has 0 heterocycles. The van der Waals surface area contributed by atoms with Gasteiger partial charge in [-0.15, -0.1) is 4.83 Å². The van der Waals surface area contributed by atoms with Gasteiger partial charge in [-0.25, -0.2) is 8.42 Å². The first-order valence-corrected chi connectivity index (χ1v) is 9.69. The van der Waals surface area contributed by atoms with E-state index in [1.54, 1.807) is 49.4 Å². The maximum absolute atomic E-state index is 11.8. The fourth-order valence-corrected chi connectivity index (χ4v) is 2.87. The molecule has 0 atom stereocenters. The number of hydrazine groups is 1. The van der Waals surface area contributed by atoms with E-state index in [1.165, 1.54) is 6.08 Å². The highest BCUT2D eigenvalue weighted by molar-refractivity contribution is 7.92. The van der Waals surface area contributed by atoms with E-state index in [1.807, 2.05) is 4.83 Å². The molecule has 0 fully saturated rings. The molecule has 26 heavy (non-hydrogen) atoms. The van der Waals surface area contributed by atoms with E-state index in [0.717, 1.165) is 11.0 Å². The van der Waals surface area contributed by atoms with Crippen LogP contribution in [-0.2, 0) is 14.8 Å². The van der Waals surface area contributed by atoms with Crippen LogP contribution in [0.1, 0.15) is 11.1 Å². The Morgan fingerprint density at radius 3 is 2.42 bits per heavy atom. The monoisotopic (exact) mass is 414 g/mol. The third-order valence-electron chi connectivity index (χ3n) is 3.14. The lowest BCUT2D eigenvalue weighted by Crippen LogP contribution is -2.42. The van der Waals surface area contributed by atoms with E-state index in [9.17, 15) is 13.2 Å². The SMILES string of the molecule is Cc1cc(Cl)ccc1OCC(=O)NNS(=O)(=O)/C=C/c1ccc(Cl)cc1. The summed E-state index contributed by atoms with van der Waals surface area (Å²) in [7, 11) is -3.85. The number of carbonyl (C=O) groups excluding carboxylic acids is 1. The summed E-state index contributed by atoms with van der Waals surface area (Å²) in [6.45, 7) is 1.43. The number of hydrogen-bond donors (Lipinski definition) is 2. The van der Waals surface area contributed by atoms with Crippen LogP contribution in [0.5, 0.6) is 5.75 Å². The highest BCUT2D eigenvalue weighted by Gasteiger charge is 2.09. The van der Waals surface area contributed by atoms with Gasteiger partial charge in [0.05, 0.1) is 0 Å². The van der Waals surface area contributed by atoms with Crippen molar-refractivity contribution >= 4 is 45.2 Å². The van der Waals surface area contributed by atoms with Gasteiger partial charge in [-0.3, -0.25) is 10.2 Å². The van der Waals surface area contributed by atoms with Crippen LogP contribution in [-0.4, -0.2) is 20.9 Å². The molecule has 0 aliphatic rings. The van der Waals surface area contributed by atoms with Gasteiger partial charge in [0.15, 0.2) is 6.61 Å². The molecule has 0 aliphatic carbocycles. The minimum atomic E-state index is -3.85. The number of halogens is 2. The van der Waals surface area contributed by atoms with Gasteiger partial charge in [0.1, 0.15) is 5.75 Å². The molecule has 2 aromatic carbocycles. The molecule has 0 saturated carbocycles. The molecule has 0 aromatic heterocycles. The molecule has 9 heteroatoms. The van der Waals surface area contributed by atoms with Crippen LogP contribution in [0.15, 0.2) is 47.9 Å². The second-order valence-electron chi connectivity index (χ2n) is 5.25. The molecule has 0 bridgehead atoms. The first-order valence-electron chi connectivity index (χ1n) is 7.38. The highest BCUT2D eigenvalue weighted by atomic mass is 35.5. The minimum Gasteiger partial charge on any atom is -0.483 e. The Morgan fingerprint density at radius 1 is 1.12 bits per heavy atom. The Morgan fingerprint density at radius 2 is 1.77 bits per heavy atom. The van der Waals surface area contributed by atoms with E-state index >= 15 is 0 Å². The maximum atomic E-state index is 11.8. The van der Waals surface area contributed by atoms with Crippen molar-refractivity contribution in [1.29, 1.82) is 0 Å². The van der Waals surface area contributed by atoms with Gasteiger partial charge >= 0.3 is 0 Å². The number of rotatable bonds is 7. The molecule has 2 rings (SSSR count). The van der Waals surface area contributed by atoms with Crippen molar-refractivity contribution in [3.05, 3.63) is 69.0 Å². The number of sulfonamides is 1. The second kappa shape index (κ2) is 9.05. The van der Waals surface area contributed by atoms with Crippen molar-refractivity contribution in [2.24, 2.45) is 0 Å². The molecular weight excluding hydrogens is 399 g/mol. The molecule has 0 aliphatic heterocycles. The van der Waals surface area contributed by atoms with E-state index in [-0.39, 0.29) is 6.61 Å². The summed E-state index contributed by atoms with van der Waals surface area (Å²) in [5.74, 6) is -0.169. The van der Waals surface area contributed by atoms with Crippen molar-refractivity contribution in [3.8, 4) is 5.75 Å². The van der Waals surface area contributed by atoms with Crippen LogP contribution in [0.3, 0.4) is 0 Å². The zero-order valence-corrected chi connectivity index (χ0v) is 16.0. The Hall–Kier alpha value is -2.06. The summed E-state index contributed by atoms with van der Waals surface area (Å²) in [6, 6.07) is 11.6. The highest BCUT2D eigenvalue weighted by Crippen LogP contribution is 2.21. The number of aryl methyl sites for hydroxylation is 1. The Labute approximate surface area is 161 Å². The van der Waals surface area contributed by atoms with E-state index < -0.39 is 15.9 Å². The number of ether oxygens (including phenoxy) is 1. The maximum Gasteiger partial charge on any atom is 0.272 e. The van der Waals surface area contributed by atoms with Gasteiger partial charge in [-0.1, -0.05) is 35.3 Å². The minimum absolute atomic E-state index is 0.355. The van der Waals surface area contributed by atoms with Gasteiger partial charge < -0.3 is 4.74 Å². The predicted molar refractivity (Wildman–Crippen MR) is 102 cm³/mol. The lowest BCUT2D eigenvalue weighted by atomic mass is 10.2. The number of benzene rings is 2. The Balaban J connectivity index is 1.84. The number of carbonyl (C=O) groups is 1. The molecule has 0 saturated heterocycles. The Kier molecular flexibility index (Phi) is 7.05. The molecule has 0 radical (unpaired) electrons. The van der Waals surface area contributed by atoms with Gasteiger partial charge in [0, 0.05) is 15.5 Å². The number of nitrogens with one attached hydrogen (secondary N) is 2. The fourth-order valence-electron chi connectivity index (χ4n) is 1.86. The molecule has 138 valence electrons. The van der Waals surface area contributed by atoms with Gasteiger partial charge in [0.2, 0.25) is 0 Å². The second-order valence-corrected chi connectivity index (χ2v) is 7.69. The average Bonchev–Trinajstić information content (AvgIpc) is 2.59. The fraction of sp³-hybridized carbons (Fsp3) is 0.118. The van der Waals surface area contributed by atoms with Crippen LogP contribution in [0.2, 0.25) is 10.0 Å². The molecule has 2 aromatic rings. The summed E-state index contributed by atoms with van der Waals surface area (Å²) >= 11 is 11.6. The molecule has 6 nitrogen and oxygen atoms in total.